The minimum absolute atomic E-state index is 0.0470. The summed E-state index contributed by atoms with van der Waals surface area (Å²) in [6.45, 7) is 3.68. The highest BCUT2D eigenvalue weighted by Crippen LogP contribution is 2.32. The van der Waals surface area contributed by atoms with Gasteiger partial charge in [-0.3, -0.25) is 9.89 Å². The minimum atomic E-state index is -0.198. The first-order valence-corrected chi connectivity index (χ1v) is 10.0. The lowest BCUT2D eigenvalue weighted by Gasteiger charge is -2.12. The molecular weight excluding hydrogens is 412 g/mol. The van der Waals surface area contributed by atoms with Crippen molar-refractivity contribution < 1.29 is 14.3 Å². The van der Waals surface area contributed by atoms with E-state index < -0.39 is 0 Å². The van der Waals surface area contributed by atoms with E-state index in [1.54, 1.807) is 36.3 Å². The standard InChI is InChI=1S/C21H24N8O3/c1-12(2)24-18(30)11-32-16-6-5-13(8-17(16)31-4)20-26-21(29(3)28-20)25-15-7-14-9-23-27-19(14)22-10-15/h5-10,12H,11H2,1-4H3,(H,24,30)(H,22,23,27)(H,25,26,28). The molecule has 3 N–H and O–H groups in total. The lowest BCUT2D eigenvalue weighted by atomic mass is 10.2. The number of methoxy groups -OCH3 is 1. The van der Waals surface area contributed by atoms with Crippen molar-refractivity contribution >= 4 is 28.6 Å². The fourth-order valence-electron chi connectivity index (χ4n) is 3.08. The predicted octanol–water partition coefficient (Wildman–Crippen LogP) is 2.41. The topological polar surface area (TPSA) is 132 Å². The molecule has 0 atom stereocenters. The first-order valence-electron chi connectivity index (χ1n) is 10.0. The molecule has 1 amide bonds. The Balaban J connectivity index is 1.51. The Morgan fingerprint density at radius 2 is 2.06 bits per heavy atom. The van der Waals surface area contributed by atoms with E-state index in [4.69, 9.17) is 9.47 Å². The molecular formula is C21H24N8O3. The molecule has 11 nitrogen and oxygen atoms in total. The Kier molecular flexibility index (Phi) is 5.88. The normalized spacial score (nSPS) is 11.0. The Labute approximate surface area is 184 Å². The second-order valence-electron chi connectivity index (χ2n) is 7.42. The van der Waals surface area contributed by atoms with Gasteiger partial charge in [-0.05, 0) is 38.1 Å². The zero-order chi connectivity index (χ0) is 22.7. The van der Waals surface area contributed by atoms with Gasteiger partial charge in [-0.25, -0.2) is 9.67 Å². The summed E-state index contributed by atoms with van der Waals surface area (Å²) in [7, 11) is 3.34. The molecule has 11 heteroatoms. The monoisotopic (exact) mass is 436 g/mol. The number of carbonyl (C=O) groups is 1. The molecule has 0 aliphatic carbocycles. The Morgan fingerprint density at radius 3 is 2.84 bits per heavy atom. The largest absolute Gasteiger partial charge is 0.493 e. The van der Waals surface area contributed by atoms with Gasteiger partial charge in [-0.1, -0.05) is 0 Å². The summed E-state index contributed by atoms with van der Waals surface area (Å²) in [5, 5.41) is 18.2. The number of nitrogens with one attached hydrogen (secondary N) is 3. The Morgan fingerprint density at radius 1 is 1.22 bits per heavy atom. The van der Waals surface area contributed by atoms with Crippen molar-refractivity contribution in [3.05, 3.63) is 36.7 Å². The van der Waals surface area contributed by atoms with Crippen LogP contribution in [0.5, 0.6) is 11.5 Å². The summed E-state index contributed by atoms with van der Waals surface area (Å²) in [6, 6.07) is 7.29. The zero-order valence-electron chi connectivity index (χ0n) is 18.2. The fraction of sp³-hybridized carbons (Fsp3) is 0.286. The van der Waals surface area contributed by atoms with Crippen LogP contribution in [0.4, 0.5) is 11.6 Å². The number of hydrogen-bond acceptors (Lipinski definition) is 8. The molecule has 0 aliphatic rings. The van der Waals surface area contributed by atoms with Crippen LogP contribution in [0.3, 0.4) is 0 Å². The van der Waals surface area contributed by atoms with Gasteiger partial charge in [0.15, 0.2) is 29.6 Å². The number of aromatic nitrogens is 6. The van der Waals surface area contributed by atoms with Gasteiger partial charge in [-0.2, -0.15) is 10.1 Å². The van der Waals surface area contributed by atoms with Gasteiger partial charge in [0, 0.05) is 24.0 Å². The third kappa shape index (κ3) is 4.61. The SMILES string of the molecule is COc1cc(-c2nc(Nc3cnc4[nH]ncc4c3)n(C)n2)ccc1OCC(=O)NC(C)C. The van der Waals surface area contributed by atoms with E-state index in [0.29, 0.717) is 28.9 Å². The summed E-state index contributed by atoms with van der Waals surface area (Å²) in [4.78, 5) is 20.7. The van der Waals surface area contributed by atoms with Gasteiger partial charge >= 0.3 is 0 Å². The quantitative estimate of drug-likeness (QED) is 0.384. The highest BCUT2D eigenvalue weighted by molar-refractivity contribution is 5.79. The predicted molar refractivity (Wildman–Crippen MR) is 119 cm³/mol. The van der Waals surface area contributed by atoms with E-state index in [9.17, 15) is 4.79 Å². The van der Waals surface area contributed by atoms with Crippen molar-refractivity contribution in [3.8, 4) is 22.9 Å². The van der Waals surface area contributed by atoms with Crippen molar-refractivity contribution in [2.75, 3.05) is 19.0 Å². The molecule has 1 aromatic carbocycles. The third-order valence-electron chi connectivity index (χ3n) is 4.54. The van der Waals surface area contributed by atoms with Crippen molar-refractivity contribution in [2.45, 2.75) is 19.9 Å². The van der Waals surface area contributed by atoms with Gasteiger partial charge in [-0.15, -0.1) is 5.10 Å². The maximum Gasteiger partial charge on any atom is 0.258 e. The van der Waals surface area contributed by atoms with Crippen LogP contribution in [0.15, 0.2) is 36.7 Å². The number of amides is 1. The number of benzene rings is 1. The van der Waals surface area contributed by atoms with Crippen molar-refractivity contribution in [1.29, 1.82) is 0 Å². The van der Waals surface area contributed by atoms with Crippen LogP contribution in [0.2, 0.25) is 0 Å². The van der Waals surface area contributed by atoms with Gasteiger partial charge in [0.2, 0.25) is 5.95 Å². The number of hydrogen-bond donors (Lipinski definition) is 3. The average molecular weight is 436 g/mol. The average Bonchev–Trinajstić information content (AvgIpc) is 3.38. The molecule has 0 aliphatic heterocycles. The number of anilines is 2. The van der Waals surface area contributed by atoms with Gasteiger partial charge < -0.3 is 20.1 Å². The molecule has 0 saturated heterocycles. The molecule has 0 fully saturated rings. The van der Waals surface area contributed by atoms with Crippen molar-refractivity contribution in [1.82, 2.24) is 35.3 Å². The van der Waals surface area contributed by atoms with Crippen molar-refractivity contribution in [3.63, 3.8) is 0 Å². The lowest BCUT2D eigenvalue weighted by molar-refractivity contribution is -0.123. The highest BCUT2D eigenvalue weighted by Gasteiger charge is 2.14. The molecule has 4 rings (SSSR count). The van der Waals surface area contributed by atoms with Crippen LogP contribution in [0, 0.1) is 0 Å². The van der Waals surface area contributed by atoms with E-state index in [1.807, 2.05) is 26.0 Å². The molecule has 0 unspecified atom stereocenters. The zero-order valence-corrected chi connectivity index (χ0v) is 18.2. The summed E-state index contributed by atoms with van der Waals surface area (Å²) >= 11 is 0. The molecule has 3 heterocycles. The number of nitrogens with zero attached hydrogens (tertiary/aromatic N) is 5. The van der Waals surface area contributed by atoms with Crippen LogP contribution in [0.25, 0.3) is 22.4 Å². The van der Waals surface area contributed by atoms with Crippen LogP contribution in [-0.4, -0.2) is 55.6 Å². The number of rotatable bonds is 8. The second kappa shape index (κ2) is 8.92. The summed E-state index contributed by atoms with van der Waals surface area (Å²) in [5.41, 5.74) is 2.22. The van der Waals surface area contributed by atoms with E-state index in [2.05, 4.69) is 35.9 Å². The molecule has 4 aromatic rings. The second-order valence-corrected chi connectivity index (χ2v) is 7.42. The van der Waals surface area contributed by atoms with Crippen molar-refractivity contribution in [2.24, 2.45) is 7.05 Å². The number of aromatic amines is 1. The maximum absolute atomic E-state index is 11.8. The van der Waals surface area contributed by atoms with Crippen LogP contribution < -0.4 is 20.1 Å². The fourth-order valence-corrected chi connectivity index (χ4v) is 3.08. The first kappa shape index (κ1) is 21.1. The summed E-state index contributed by atoms with van der Waals surface area (Å²) < 4.78 is 12.7. The molecule has 3 aromatic heterocycles. The van der Waals surface area contributed by atoms with Crippen LogP contribution in [0.1, 0.15) is 13.8 Å². The molecule has 166 valence electrons. The lowest BCUT2D eigenvalue weighted by Crippen LogP contribution is -2.34. The molecule has 0 spiro atoms. The van der Waals surface area contributed by atoms with E-state index in [-0.39, 0.29) is 18.6 Å². The molecule has 32 heavy (non-hydrogen) atoms. The number of pyridine rings is 1. The van der Waals surface area contributed by atoms with E-state index >= 15 is 0 Å². The Bertz CT molecular complexity index is 1250. The number of carbonyl (C=O) groups excluding carboxylic acids is 1. The Hall–Kier alpha value is -4.15. The molecule has 0 radical (unpaired) electrons. The maximum atomic E-state index is 11.8. The van der Waals surface area contributed by atoms with Gasteiger partial charge in [0.25, 0.3) is 5.91 Å². The first-order chi connectivity index (χ1) is 15.4. The van der Waals surface area contributed by atoms with Crippen LogP contribution in [-0.2, 0) is 11.8 Å². The summed E-state index contributed by atoms with van der Waals surface area (Å²) in [6.07, 6.45) is 3.40. The number of ether oxygens (including phenoxy) is 2. The number of H-pyrrole nitrogens is 1. The highest BCUT2D eigenvalue weighted by atomic mass is 16.5. The number of fused-ring (bicyclic) bond motifs is 1. The van der Waals surface area contributed by atoms with Gasteiger partial charge in [0.1, 0.15) is 0 Å². The minimum Gasteiger partial charge on any atom is -0.493 e. The van der Waals surface area contributed by atoms with E-state index in [0.717, 1.165) is 16.6 Å². The summed E-state index contributed by atoms with van der Waals surface area (Å²) in [5.74, 6) is 1.81. The van der Waals surface area contributed by atoms with Gasteiger partial charge in [0.05, 0.1) is 25.2 Å². The molecule has 0 bridgehead atoms. The molecule has 0 saturated carbocycles. The van der Waals surface area contributed by atoms with Crippen LogP contribution >= 0.6 is 0 Å². The third-order valence-corrected chi connectivity index (χ3v) is 4.54. The smallest absolute Gasteiger partial charge is 0.258 e. The van der Waals surface area contributed by atoms with E-state index in [1.165, 1.54) is 7.11 Å². The number of aryl methyl sites for hydroxylation is 1.